The molecule has 0 aliphatic rings. The van der Waals surface area contributed by atoms with E-state index in [1.165, 1.54) is 31.8 Å². The molecule has 11 nitrogen and oxygen atoms in total. The first-order valence-electron chi connectivity index (χ1n) is 20.6. The summed E-state index contributed by atoms with van der Waals surface area (Å²) in [7, 11) is -10.8. The van der Waals surface area contributed by atoms with Gasteiger partial charge in [0, 0.05) is 12.4 Å². The van der Waals surface area contributed by atoms with Gasteiger partial charge in [-0.05, 0) is 99.6 Å². The Balaban J connectivity index is 0.000000302. The van der Waals surface area contributed by atoms with Crippen molar-refractivity contribution in [3.63, 3.8) is 0 Å². The normalized spacial score (nSPS) is 10.5. The molecule has 0 aliphatic heterocycles. The van der Waals surface area contributed by atoms with Gasteiger partial charge in [-0.1, -0.05) is 194 Å². The van der Waals surface area contributed by atoms with Crippen LogP contribution in [0.25, 0.3) is 11.4 Å². The first-order valence-corrected chi connectivity index (χ1v) is 25.8. The zero-order valence-corrected chi connectivity index (χ0v) is 43.2. The van der Waals surface area contributed by atoms with Crippen LogP contribution in [0.1, 0.15) is 27.7 Å². The van der Waals surface area contributed by atoms with Crippen molar-refractivity contribution in [1.82, 2.24) is 9.97 Å². The van der Waals surface area contributed by atoms with E-state index in [4.69, 9.17) is 42.0 Å². The van der Waals surface area contributed by atoms with E-state index in [2.05, 4.69) is 192 Å². The molecule has 0 radical (unpaired) electrons. The summed E-state index contributed by atoms with van der Waals surface area (Å²) in [6, 6.07) is 76.2. The number of halogens is 2. The van der Waals surface area contributed by atoms with Gasteiger partial charge in [-0.25, -0.2) is 37.3 Å². The summed E-state index contributed by atoms with van der Waals surface area (Å²) in [5, 5.41) is 8.39. The van der Waals surface area contributed by atoms with Gasteiger partial charge in [0.05, 0.1) is 23.6 Å². The van der Waals surface area contributed by atoms with E-state index in [-0.39, 0.29) is 21.1 Å². The maximum absolute atomic E-state index is 8.49. The first-order chi connectivity index (χ1) is 32.0. The predicted molar refractivity (Wildman–Crippen MR) is 249 cm³/mol. The Morgan fingerprint density at radius 3 is 0.632 bits per heavy atom. The molecule has 0 amide bonds. The fourth-order valence-corrected chi connectivity index (χ4v) is 10.5. The second kappa shape index (κ2) is 33.0. The zero-order valence-electron chi connectivity index (χ0n) is 37.6. The van der Waals surface area contributed by atoms with Gasteiger partial charge >= 0.3 is 21.1 Å². The second-order valence-electron chi connectivity index (χ2n) is 14.1. The van der Waals surface area contributed by atoms with E-state index in [0.29, 0.717) is 12.2 Å². The summed E-state index contributed by atoms with van der Waals surface area (Å²) in [6.45, 7) is 8.17. The molecular weight excluding hydrogens is 1120 g/mol. The van der Waals surface area contributed by atoms with E-state index in [1.807, 2.05) is 64.1 Å². The molecule has 0 aliphatic carbocycles. The topological polar surface area (TPSA) is 219 Å². The largest absolute Gasteiger partial charge is 2.00 e. The summed E-state index contributed by atoms with van der Waals surface area (Å²) in [5.74, 6) is 0. The van der Waals surface area contributed by atoms with Gasteiger partial charge in [-0.3, -0.25) is 9.97 Å². The Morgan fingerprint density at radius 1 is 0.324 bits per heavy atom. The summed E-state index contributed by atoms with van der Waals surface area (Å²) >= 11 is 0. The molecule has 0 bridgehead atoms. The monoisotopic (exact) mass is 1180 g/mol. The maximum atomic E-state index is 8.49. The van der Waals surface area contributed by atoms with Gasteiger partial charge in [0.15, 0.2) is 0 Å². The number of nitrogens with zero attached hydrogens (tertiary/aromatic N) is 2. The minimum Gasteiger partial charge on any atom is -0.376 e. The van der Waals surface area contributed by atoms with Gasteiger partial charge in [-0.2, -0.15) is 0 Å². The van der Waals surface area contributed by atoms with Gasteiger partial charge < -0.3 is 4.74 Å². The molecule has 2 heterocycles. The third-order valence-corrected chi connectivity index (χ3v) is 13.1. The minimum atomic E-state index is -4.94. The fraction of sp³-hybridized carbons (Fsp3) is 0.115. The Bertz CT molecular complexity index is 2070. The fourth-order valence-electron chi connectivity index (χ4n) is 5.93. The molecule has 0 atom stereocenters. The molecule has 2 aromatic heterocycles. The molecular formula is C52H52Cl2N2O9P2Pt. The van der Waals surface area contributed by atoms with Crippen LogP contribution in [0.5, 0.6) is 0 Å². The third kappa shape index (κ3) is 26.8. The molecule has 0 saturated carbocycles. The van der Waals surface area contributed by atoms with Crippen molar-refractivity contribution in [3.8, 4) is 11.4 Å². The molecule has 0 N–H and O–H groups in total. The van der Waals surface area contributed by atoms with Crippen LogP contribution in [-0.2, 0) is 25.8 Å². The number of aromatic nitrogens is 2. The molecule has 6 aromatic carbocycles. The molecule has 0 saturated heterocycles. The average Bonchev–Trinajstić information content (AvgIpc) is 3.31. The van der Waals surface area contributed by atoms with Crippen molar-refractivity contribution in [2.24, 2.45) is 0 Å². The summed E-state index contributed by atoms with van der Waals surface area (Å²) in [6.07, 6.45) is 4.29. The van der Waals surface area contributed by atoms with Crippen molar-refractivity contribution in [2.45, 2.75) is 39.9 Å². The number of hydrogen-bond acceptors (Lipinski definition) is 11. The van der Waals surface area contributed by atoms with E-state index < -0.39 is 36.3 Å². The van der Waals surface area contributed by atoms with E-state index in [9.17, 15) is 0 Å². The zero-order chi connectivity index (χ0) is 48.9. The molecule has 8 aromatic rings. The number of hydrogen-bond donors (Lipinski definition) is 0. The summed E-state index contributed by atoms with van der Waals surface area (Å²) in [4.78, 5) is 8.37. The van der Waals surface area contributed by atoms with E-state index >= 15 is 0 Å². The van der Waals surface area contributed by atoms with Crippen LogP contribution in [0.3, 0.4) is 0 Å². The number of rotatable bonds is 9. The number of pyridine rings is 2. The third-order valence-electron chi connectivity index (χ3n) is 8.22. The summed E-state index contributed by atoms with van der Waals surface area (Å²) in [5.41, 5.74) is 1.83. The standard InChI is InChI=1S/2C18H15P.C10H8N2.C6H14O.2ClHO4.Pt/c2*1-4-10-16(11-5-1)19(17-12-6-2-7-13-17)18-14-8-3-9-15-18;1-3-7-11-9(5-1)10-6-2-4-8-12-10;1-5(2)7-6(3)4;2*2-1(3,4)5;/h2*1-15H;1-8H;5-6H,1-4H3;2*(H,2,3,4,5);/q;;;;;;+2/p-2. The number of ether oxygens (including phenoxy) is 1. The molecule has 0 unspecified atom stereocenters. The summed E-state index contributed by atoms with van der Waals surface area (Å²) < 4.78 is 73.2. The molecule has 358 valence electrons. The molecule has 8 rings (SSSR count). The van der Waals surface area contributed by atoms with Crippen LogP contribution in [-0.4, -0.2) is 22.2 Å². The minimum absolute atomic E-state index is 0. The van der Waals surface area contributed by atoms with Gasteiger partial charge in [0.2, 0.25) is 0 Å². The smallest absolute Gasteiger partial charge is 0.376 e. The Labute approximate surface area is 420 Å². The molecule has 16 heteroatoms. The Kier molecular flexibility index (Phi) is 28.9. The van der Waals surface area contributed by atoms with Gasteiger partial charge in [0.25, 0.3) is 0 Å². The molecule has 0 spiro atoms. The van der Waals surface area contributed by atoms with Crippen LogP contribution in [0.2, 0.25) is 0 Å². The second-order valence-corrected chi connectivity index (χ2v) is 20.1. The van der Waals surface area contributed by atoms with E-state index in [0.717, 1.165) is 11.4 Å². The van der Waals surface area contributed by atoms with Gasteiger partial charge in [-0.15, -0.1) is 20.5 Å². The van der Waals surface area contributed by atoms with Crippen LogP contribution in [0.4, 0.5) is 0 Å². The Morgan fingerprint density at radius 2 is 0.500 bits per heavy atom. The molecule has 68 heavy (non-hydrogen) atoms. The van der Waals surface area contributed by atoms with E-state index in [1.54, 1.807) is 12.4 Å². The van der Waals surface area contributed by atoms with Crippen LogP contribution in [0, 0.1) is 20.5 Å². The van der Waals surface area contributed by atoms with Crippen molar-refractivity contribution < 1.29 is 83.6 Å². The Hall–Kier alpha value is -4.61. The quantitative estimate of drug-likeness (QED) is 0.188. The molecule has 0 fully saturated rings. The SMILES string of the molecule is CC(C)OC(C)C.[O-][Cl+3]([O-])([O-])[O-].[O-][Cl+3]([O-])([O-])[O-].[Pt+2].c1ccc(-c2ccccn2)nc1.c1ccc(P(c2ccccc2)c2ccccc2)cc1.c1ccc(P(c2ccccc2)c2ccccc2)cc1. The van der Waals surface area contributed by atoms with Crippen molar-refractivity contribution in [2.75, 3.05) is 0 Å². The van der Waals surface area contributed by atoms with Crippen LogP contribution in [0.15, 0.2) is 231 Å². The van der Waals surface area contributed by atoms with Crippen LogP contribution < -0.4 is 69.1 Å². The maximum Gasteiger partial charge on any atom is 2.00 e. The van der Waals surface area contributed by atoms with Gasteiger partial charge in [0.1, 0.15) is 0 Å². The van der Waals surface area contributed by atoms with Crippen molar-refractivity contribution in [1.29, 1.82) is 0 Å². The number of benzene rings is 6. The van der Waals surface area contributed by atoms with Crippen molar-refractivity contribution in [3.05, 3.63) is 231 Å². The predicted octanol–water partition coefficient (Wildman–Crippen LogP) is 1.34. The van der Waals surface area contributed by atoms with Crippen LogP contribution >= 0.6 is 15.8 Å². The van der Waals surface area contributed by atoms with Crippen molar-refractivity contribution >= 4 is 47.7 Å². The average molecular weight is 1180 g/mol. The first kappa shape index (κ1) is 59.5.